The Hall–Kier alpha value is -1.39. The third-order valence-corrected chi connectivity index (χ3v) is 5.34. The fraction of sp³-hybridized carbons (Fsp3) is 0.632. The van der Waals surface area contributed by atoms with Crippen LogP contribution in [0.2, 0.25) is 0 Å². The van der Waals surface area contributed by atoms with Gasteiger partial charge in [-0.1, -0.05) is 30.3 Å². The van der Waals surface area contributed by atoms with E-state index >= 15 is 0 Å². The second kappa shape index (κ2) is 7.45. The molecule has 2 heterocycles. The number of hydrogen-bond acceptors (Lipinski definition) is 4. The molecule has 0 unspecified atom stereocenters. The summed E-state index contributed by atoms with van der Waals surface area (Å²) < 4.78 is 5.06. The highest BCUT2D eigenvalue weighted by molar-refractivity contribution is 5.71. The van der Waals surface area contributed by atoms with Gasteiger partial charge in [0, 0.05) is 13.1 Å². The maximum Gasteiger partial charge on any atom is 0.320 e. The van der Waals surface area contributed by atoms with Crippen LogP contribution in [-0.2, 0) is 16.1 Å². The van der Waals surface area contributed by atoms with Gasteiger partial charge >= 0.3 is 5.97 Å². The molecule has 2 aliphatic rings. The van der Waals surface area contributed by atoms with E-state index in [1.165, 1.54) is 37.9 Å². The van der Waals surface area contributed by atoms with Gasteiger partial charge in [-0.3, -0.25) is 14.6 Å². The largest absolute Gasteiger partial charge is 0.465 e. The first-order valence-corrected chi connectivity index (χ1v) is 8.83. The van der Waals surface area contributed by atoms with Gasteiger partial charge in [-0.15, -0.1) is 0 Å². The summed E-state index contributed by atoms with van der Waals surface area (Å²) >= 11 is 0. The number of likely N-dealkylation sites (tertiary alicyclic amines) is 2. The lowest BCUT2D eigenvalue weighted by atomic mass is 9.78. The number of piperidine rings is 1. The van der Waals surface area contributed by atoms with Gasteiger partial charge in [0.25, 0.3) is 0 Å². The zero-order chi connectivity index (χ0) is 16.1. The van der Waals surface area contributed by atoms with Gasteiger partial charge in [0.05, 0.1) is 13.2 Å². The molecule has 0 amide bonds. The molecule has 2 fully saturated rings. The average molecular weight is 316 g/mol. The van der Waals surface area contributed by atoms with E-state index in [1.807, 2.05) is 6.92 Å². The van der Waals surface area contributed by atoms with Crippen LogP contribution < -0.4 is 0 Å². The summed E-state index contributed by atoms with van der Waals surface area (Å²) in [6, 6.07) is 10.7. The number of benzene rings is 1. The average Bonchev–Trinajstić information content (AvgIpc) is 2.94. The summed E-state index contributed by atoms with van der Waals surface area (Å²) in [5, 5.41) is 0. The molecule has 3 rings (SSSR count). The van der Waals surface area contributed by atoms with Crippen LogP contribution in [0.15, 0.2) is 30.3 Å². The number of nitrogens with zero attached hydrogens (tertiary/aromatic N) is 2. The van der Waals surface area contributed by atoms with Crippen molar-refractivity contribution in [2.45, 2.75) is 32.7 Å². The van der Waals surface area contributed by atoms with E-state index in [4.69, 9.17) is 4.74 Å². The Morgan fingerprint density at radius 1 is 1.09 bits per heavy atom. The lowest BCUT2D eigenvalue weighted by Gasteiger charge is -2.39. The summed E-state index contributed by atoms with van der Waals surface area (Å²) in [5.41, 5.74) is 1.88. The number of ether oxygens (including phenoxy) is 1. The first-order valence-electron chi connectivity index (χ1n) is 8.83. The van der Waals surface area contributed by atoms with Gasteiger partial charge < -0.3 is 4.74 Å². The van der Waals surface area contributed by atoms with Crippen LogP contribution in [0.5, 0.6) is 0 Å². The standard InChI is InChI=1S/C19H28N2O2/c1-2-23-18(22)15-20-11-8-19(9-12-20)10-13-21(16-19)14-17-6-4-3-5-7-17/h3-7H,2,8-16H2,1H3. The number of esters is 1. The minimum Gasteiger partial charge on any atom is -0.465 e. The Labute approximate surface area is 139 Å². The molecule has 1 aromatic carbocycles. The molecule has 0 atom stereocenters. The Balaban J connectivity index is 1.46. The third-order valence-electron chi connectivity index (χ3n) is 5.34. The van der Waals surface area contributed by atoms with Crippen LogP contribution in [0.25, 0.3) is 0 Å². The van der Waals surface area contributed by atoms with Crippen molar-refractivity contribution in [3.05, 3.63) is 35.9 Å². The third kappa shape index (κ3) is 4.33. The minimum atomic E-state index is -0.0828. The van der Waals surface area contributed by atoms with Crippen LogP contribution in [0.4, 0.5) is 0 Å². The highest BCUT2D eigenvalue weighted by atomic mass is 16.5. The summed E-state index contributed by atoms with van der Waals surface area (Å²) in [5.74, 6) is -0.0828. The van der Waals surface area contributed by atoms with Crippen LogP contribution in [-0.4, -0.2) is 55.1 Å². The molecular weight excluding hydrogens is 288 g/mol. The number of carbonyl (C=O) groups excluding carboxylic acids is 1. The van der Waals surface area contributed by atoms with Crippen molar-refractivity contribution in [2.75, 3.05) is 39.3 Å². The zero-order valence-corrected chi connectivity index (χ0v) is 14.2. The van der Waals surface area contributed by atoms with Gasteiger partial charge in [-0.05, 0) is 56.8 Å². The fourth-order valence-corrected chi connectivity index (χ4v) is 3.99. The Kier molecular flexibility index (Phi) is 5.34. The molecule has 1 spiro atoms. The Morgan fingerprint density at radius 3 is 2.39 bits per heavy atom. The summed E-state index contributed by atoms with van der Waals surface area (Å²) in [4.78, 5) is 16.5. The smallest absolute Gasteiger partial charge is 0.320 e. The Morgan fingerprint density at radius 2 is 1.74 bits per heavy atom. The highest BCUT2D eigenvalue weighted by Crippen LogP contribution is 2.40. The minimum absolute atomic E-state index is 0.0828. The second-order valence-electron chi connectivity index (χ2n) is 7.03. The normalized spacial score (nSPS) is 21.6. The molecule has 0 radical (unpaired) electrons. The van der Waals surface area contributed by atoms with E-state index in [2.05, 4.69) is 40.1 Å². The van der Waals surface area contributed by atoms with E-state index in [1.54, 1.807) is 0 Å². The zero-order valence-electron chi connectivity index (χ0n) is 14.2. The lowest BCUT2D eigenvalue weighted by Crippen LogP contribution is -2.43. The van der Waals surface area contributed by atoms with E-state index in [0.717, 1.165) is 19.6 Å². The van der Waals surface area contributed by atoms with Gasteiger partial charge in [0.1, 0.15) is 0 Å². The van der Waals surface area contributed by atoms with Crippen molar-refractivity contribution < 1.29 is 9.53 Å². The fourth-order valence-electron chi connectivity index (χ4n) is 3.99. The molecule has 0 aliphatic carbocycles. The van der Waals surface area contributed by atoms with Crippen molar-refractivity contribution >= 4 is 5.97 Å². The van der Waals surface area contributed by atoms with Crippen molar-refractivity contribution in [3.63, 3.8) is 0 Å². The van der Waals surface area contributed by atoms with Gasteiger partial charge in [-0.2, -0.15) is 0 Å². The maximum absolute atomic E-state index is 11.6. The Bertz CT molecular complexity index is 509. The molecule has 0 aromatic heterocycles. The molecule has 126 valence electrons. The van der Waals surface area contributed by atoms with Crippen LogP contribution in [0.1, 0.15) is 31.7 Å². The van der Waals surface area contributed by atoms with E-state index in [9.17, 15) is 4.79 Å². The first kappa shape index (κ1) is 16.5. The first-order chi connectivity index (χ1) is 11.2. The highest BCUT2D eigenvalue weighted by Gasteiger charge is 2.40. The van der Waals surface area contributed by atoms with E-state index < -0.39 is 0 Å². The molecular formula is C19H28N2O2. The maximum atomic E-state index is 11.6. The SMILES string of the molecule is CCOC(=O)CN1CCC2(CC1)CCN(Cc1ccccc1)C2. The summed E-state index contributed by atoms with van der Waals surface area (Å²) in [7, 11) is 0. The lowest BCUT2D eigenvalue weighted by molar-refractivity contribution is -0.145. The monoisotopic (exact) mass is 316 g/mol. The molecule has 4 nitrogen and oxygen atoms in total. The molecule has 0 bridgehead atoms. The van der Waals surface area contributed by atoms with Gasteiger partial charge in [0.2, 0.25) is 0 Å². The topological polar surface area (TPSA) is 32.8 Å². The molecule has 4 heteroatoms. The molecule has 2 aliphatic heterocycles. The van der Waals surface area contributed by atoms with Gasteiger partial charge in [-0.25, -0.2) is 0 Å². The van der Waals surface area contributed by atoms with Crippen LogP contribution in [0.3, 0.4) is 0 Å². The predicted octanol–water partition coefficient (Wildman–Crippen LogP) is 2.54. The van der Waals surface area contributed by atoms with E-state index in [-0.39, 0.29) is 5.97 Å². The van der Waals surface area contributed by atoms with Crippen molar-refractivity contribution in [1.82, 2.24) is 9.80 Å². The quantitative estimate of drug-likeness (QED) is 0.782. The molecule has 23 heavy (non-hydrogen) atoms. The summed E-state index contributed by atoms with van der Waals surface area (Å²) in [6.07, 6.45) is 3.71. The van der Waals surface area contributed by atoms with Crippen LogP contribution in [0, 0.1) is 5.41 Å². The molecule has 0 N–H and O–H groups in total. The second-order valence-corrected chi connectivity index (χ2v) is 7.03. The predicted molar refractivity (Wildman–Crippen MR) is 91.1 cm³/mol. The number of hydrogen-bond donors (Lipinski definition) is 0. The molecule has 2 saturated heterocycles. The molecule has 1 aromatic rings. The van der Waals surface area contributed by atoms with Crippen LogP contribution >= 0.6 is 0 Å². The van der Waals surface area contributed by atoms with Crippen molar-refractivity contribution in [3.8, 4) is 0 Å². The number of carbonyl (C=O) groups is 1. The van der Waals surface area contributed by atoms with E-state index in [0.29, 0.717) is 18.6 Å². The number of rotatable bonds is 5. The van der Waals surface area contributed by atoms with Gasteiger partial charge in [0.15, 0.2) is 0 Å². The molecule has 0 saturated carbocycles. The van der Waals surface area contributed by atoms with Crippen molar-refractivity contribution in [1.29, 1.82) is 0 Å². The summed E-state index contributed by atoms with van der Waals surface area (Å²) in [6.45, 7) is 8.32. The van der Waals surface area contributed by atoms with Crippen molar-refractivity contribution in [2.24, 2.45) is 5.41 Å².